The minimum Gasteiger partial charge on any atom is -0.495 e. The Labute approximate surface area is 157 Å². The molecule has 3 N–H and O–H groups in total. The Bertz CT molecular complexity index is 914. The van der Waals surface area contributed by atoms with Crippen LogP contribution in [-0.4, -0.2) is 81.2 Å². The molecular weight excluding hydrogens is 400 g/mol. The first-order valence-electron chi connectivity index (χ1n) is 7.98. The number of sulfonamides is 1. The average Bonchev–Trinajstić information content (AvgIpc) is 2.84. The number of sulfone groups is 1. The van der Waals surface area contributed by atoms with Crippen LogP contribution < -0.4 is 10.1 Å². The van der Waals surface area contributed by atoms with E-state index in [0.29, 0.717) is 0 Å². The van der Waals surface area contributed by atoms with Crippen molar-refractivity contribution in [2.75, 3.05) is 37.1 Å². The number of rotatable bonds is 7. The normalized spacial score (nSPS) is 22.0. The van der Waals surface area contributed by atoms with E-state index in [2.05, 4.69) is 5.32 Å². The Morgan fingerprint density at radius 1 is 1.37 bits per heavy atom. The van der Waals surface area contributed by atoms with Gasteiger partial charge in [0.2, 0.25) is 15.9 Å². The molecule has 1 saturated heterocycles. The zero-order valence-electron chi connectivity index (χ0n) is 14.8. The molecule has 0 aromatic heterocycles. The molecule has 12 heteroatoms. The molecule has 1 amide bonds. The molecule has 152 valence electrons. The molecule has 2 rings (SSSR count). The Morgan fingerprint density at radius 2 is 2.04 bits per heavy atom. The van der Waals surface area contributed by atoms with E-state index in [9.17, 15) is 31.8 Å². The topological polar surface area (TPSA) is 150 Å². The van der Waals surface area contributed by atoms with E-state index in [0.717, 1.165) is 4.31 Å². The number of amides is 1. The number of carbonyl (C=O) groups excluding carboxylic acids is 1. The van der Waals surface area contributed by atoms with Gasteiger partial charge in [0, 0.05) is 13.5 Å². The molecule has 1 heterocycles. The van der Waals surface area contributed by atoms with Crippen LogP contribution in [0.1, 0.15) is 6.92 Å². The summed E-state index contributed by atoms with van der Waals surface area (Å²) in [5.74, 6) is -1.29. The number of nitrogens with zero attached hydrogens (tertiary/aromatic N) is 1. The molecule has 0 spiro atoms. The molecule has 0 bridgehead atoms. The summed E-state index contributed by atoms with van der Waals surface area (Å²) in [6.07, 6.45) is -1.40. The van der Waals surface area contributed by atoms with Crippen molar-refractivity contribution in [1.82, 2.24) is 4.31 Å². The van der Waals surface area contributed by atoms with Gasteiger partial charge in [-0.2, -0.15) is 4.31 Å². The Balaban J connectivity index is 2.49. The van der Waals surface area contributed by atoms with E-state index in [-0.39, 0.29) is 22.9 Å². The molecule has 0 aliphatic carbocycles. The smallest absolute Gasteiger partial charge is 0.243 e. The maximum Gasteiger partial charge on any atom is 0.243 e. The number of benzene rings is 1. The molecule has 27 heavy (non-hydrogen) atoms. The van der Waals surface area contributed by atoms with Crippen LogP contribution in [0.2, 0.25) is 0 Å². The van der Waals surface area contributed by atoms with E-state index in [4.69, 9.17) is 4.74 Å². The van der Waals surface area contributed by atoms with Crippen molar-refractivity contribution >= 4 is 31.5 Å². The average molecular weight is 422 g/mol. The third-order valence-electron chi connectivity index (χ3n) is 4.07. The number of anilines is 1. The predicted octanol–water partition coefficient (Wildman–Crippen LogP) is -1.21. The minimum atomic E-state index is -4.27. The van der Waals surface area contributed by atoms with Gasteiger partial charge in [-0.05, 0) is 18.2 Å². The standard InChI is InChI=1S/C15H22N2O8S2/c1-10(19)16-12-7-11(3-4-15(12)25-2)27(23,24)17(5-6-18)13-8-26(21,22)9-14(13)20/h3-4,7,13-14,18,20H,5-6,8-9H2,1-2H3,(H,16,19)/t13-,14-/m1/s1. The number of hydrogen-bond acceptors (Lipinski definition) is 8. The van der Waals surface area contributed by atoms with Crippen LogP contribution in [0.15, 0.2) is 23.1 Å². The quantitative estimate of drug-likeness (QED) is 0.496. The summed E-state index contributed by atoms with van der Waals surface area (Å²) in [6, 6.07) is 2.55. The second kappa shape index (κ2) is 8.10. The zero-order chi connectivity index (χ0) is 20.4. The molecule has 0 saturated carbocycles. The number of nitrogens with one attached hydrogen (secondary N) is 1. The molecule has 1 aliphatic heterocycles. The molecule has 1 aromatic rings. The summed E-state index contributed by atoms with van der Waals surface area (Å²) in [4.78, 5) is 11.1. The highest BCUT2D eigenvalue weighted by Crippen LogP contribution is 2.31. The SMILES string of the molecule is COc1ccc(S(=O)(=O)N(CCO)[C@@H]2CS(=O)(=O)C[C@H]2O)cc1NC(C)=O. The summed E-state index contributed by atoms with van der Waals surface area (Å²) in [6.45, 7) is 0.302. The number of aliphatic hydroxyl groups excluding tert-OH is 2. The van der Waals surface area contributed by atoms with Crippen LogP contribution in [0, 0.1) is 0 Å². The van der Waals surface area contributed by atoms with E-state index < -0.39 is 56.0 Å². The second-order valence-electron chi connectivity index (χ2n) is 6.09. The fourth-order valence-corrected chi connectivity index (χ4v) is 6.49. The lowest BCUT2D eigenvalue weighted by Crippen LogP contribution is -2.47. The van der Waals surface area contributed by atoms with Crippen LogP contribution in [0.5, 0.6) is 5.75 Å². The van der Waals surface area contributed by atoms with E-state index in [1.807, 2.05) is 0 Å². The van der Waals surface area contributed by atoms with Crippen molar-refractivity contribution in [2.24, 2.45) is 0 Å². The first-order valence-corrected chi connectivity index (χ1v) is 11.2. The molecule has 1 fully saturated rings. The van der Waals surface area contributed by atoms with E-state index in [1.54, 1.807) is 0 Å². The third kappa shape index (κ3) is 4.76. The van der Waals surface area contributed by atoms with Crippen molar-refractivity contribution in [2.45, 2.75) is 24.0 Å². The van der Waals surface area contributed by atoms with Crippen LogP contribution in [0.4, 0.5) is 5.69 Å². The van der Waals surface area contributed by atoms with Gasteiger partial charge in [0.1, 0.15) is 5.75 Å². The number of methoxy groups -OCH3 is 1. The number of ether oxygens (including phenoxy) is 1. The van der Waals surface area contributed by atoms with E-state index >= 15 is 0 Å². The summed E-state index contributed by atoms with van der Waals surface area (Å²) in [5.41, 5.74) is 0.120. The van der Waals surface area contributed by atoms with Gasteiger partial charge >= 0.3 is 0 Å². The second-order valence-corrected chi connectivity index (χ2v) is 10.1. The van der Waals surface area contributed by atoms with Gasteiger partial charge in [0.25, 0.3) is 0 Å². The van der Waals surface area contributed by atoms with Gasteiger partial charge in [0.05, 0.1) is 48.0 Å². The first kappa shape index (κ1) is 21.6. The van der Waals surface area contributed by atoms with E-state index in [1.165, 1.54) is 32.2 Å². The van der Waals surface area contributed by atoms with Gasteiger partial charge in [-0.3, -0.25) is 4.79 Å². The molecule has 0 radical (unpaired) electrons. The molecule has 1 aliphatic rings. The van der Waals surface area contributed by atoms with Crippen LogP contribution >= 0.6 is 0 Å². The fourth-order valence-electron chi connectivity index (χ4n) is 2.92. The highest BCUT2D eigenvalue weighted by atomic mass is 32.2. The number of aliphatic hydroxyl groups is 2. The molecule has 2 atom stereocenters. The van der Waals surface area contributed by atoms with Gasteiger partial charge < -0.3 is 20.3 Å². The van der Waals surface area contributed by atoms with Crippen LogP contribution in [-0.2, 0) is 24.7 Å². The number of hydrogen-bond donors (Lipinski definition) is 3. The highest BCUT2D eigenvalue weighted by molar-refractivity contribution is 7.92. The predicted molar refractivity (Wildman–Crippen MR) is 96.7 cm³/mol. The lowest BCUT2D eigenvalue weighted by Gasteiger charge is -2.29. The molecule has 0 unspecified atom stereocenters. The summed E-state index contributed by atoms with van der Waals surface area (Å²) in [5, 5.41) is 21.8. The van der Waals surface area contributed by atoms with Crippen LogP contribution in [0.3, 0.4) is 0 Å². The summed E-state index contributed by atoms with van der Waals surface area (Å²) >= 11 is 0. The Morgan fingerprint density at radius 3 is 2.52 bits per heavy atom. The highest BCUT2D eigenvalue weighted by Gasteiger charge is 2.44. The molecule has 1 aromatic carbocycles. The van der Waals surface area contributed by atoms with Gasteiger partial charge in [0.15, 0.2) is 9.84 Å². The van der Waals surface area contributed by atoms with Crippen molar-refractivity contribution < 1.29 is 36.6 Å². The summed E-state index contributed by atoms with van der Waals surface area (Å²) < 4.78 is 55.5. The largest absolute Gasteiger partial charge is 0.495 e. The Kier molecular flexibility index (Phi) is 6.47. The van der Waals surface area contributed by atoms with Crippen molar-refractivity contribution in [1.29, 1.82) is 0 Å². The van der Waals surface area contributed by atoms with Gasteiger partial charge in [-0.25, -0.2) is 16.8 Å². The van der Waals surface area contributed by atoms with Gasteiger partial charge in [-0.15, -0.1) is 0 Å². The molecule has 10 nitrogen and oxygen atoms in total. The lowest BCUT2D eigenvalue weighted by molar-refractivity contribution is -0.114. The van der Waals surface area contributed by atoms with Crippen molar-refractivity contribution in [3.05, 3.63) is 18.2 Å². The van der Waals surface area contributed by atoms with Crippen molar-refractivity contribution in [3.8, 4) is 5.75 Å². The fraction of sp³-hybridized carbons (Fsp3) is 0.533. The minimum absolute atomic E-state index is 0.120. The number of carbonyl (C=O) groups is 1. The maximum atomic E-state index is 13.1. The van der Waals surface area contributed by atoms with Crippen LogP contribution in [0.25, 0.3) is 0 Å². The molecular formula is C15H22N2O8S2. The summed E-state index contributed by atoms with van der Waals surface area (Å²) in [7, 11) is -6.52. The monoisotopic (exact) mass is 422 g/mol. The van der Waals surface area contributed by atoms with Crippen molar-refractivity contribution in [3.63, 3.8) is 0 Å². The third-order valence-corrected chi connectivity index (χ3v) is 7.69. The van der Waals surface area contributed by atoms with Gasteiger partial charge in [-0.1, -0.05) is 0 Å². The first-order chi connectivity index (χ1) is 12.5. The lowest BCUT2D eigenvalue weighted by atomic mass is 10.2. The maximum absolute atomic E-state index is 13.1. The zero-order valence-corrected chi connectivity index (χ0v) is 16.5. The Hall–Kier alpha value is -1.73.